The number of halogens is 1. The maximum absolute atomic E-state index is 12.7. The van der Waals surface area contributed by atoms with Gasteiger partial charge in [0.15, 0.2) is 5.43 Å². The first-order chi connectivity index (χ1) is 13.1. The molecule has 2 heterocycles. The van der Waals surface area contributed by atoms with Crippen LogP contribution in [-0.4, -0.2) is 24.2 Å². The summed E-state index contributed by atoms with van der Waals surface area (Å²) >= 11 is 5.99. The maximum Gasteiger partial charge on any atom is 0.272 e. The van der Waals surface area contributed by atoms with E-state index in [1.54, 1.807) is 18.2 Å². The van der Waals surface area contributed by atoms with Crippen LogP contribution in [0.15, 0.2) is 64.2 Å². The van der Waals surface area contributed by atoms with E-state index in [1.807, 2.05) is 35.2 Å². The summed E-state index contributed by atoms with van der Waals surface area (Å²) in [5, 5.41) is 0.925. The minimum absolute atomic E-state index is 0.102. The lowest BCUT2D eigenvalue weighted by Gasteiger charge is -2.32. The number of hydrogen-bond donors (Lipinski definition) is 1. The van der Waals surface area contributed by atoms with E-state index in [0.717, 1.165) is 18.6 Å². The highest BCUT2D eigenvalue weighted by Gasteiger charge is 2.22. The summed E-state index contributed by atoms with van der Waals surface area (Å²) in [4.78, 5) is 30.0. The van der Waals surface area contributed by atoms with Crippen molar-refractivity contribution in [2.75, 3.05) is 18.0 Å². The highest BCUT2D eigenvalue weighted by molar-refractivity contribution is 6.31. The van der Waals surface area contributed by atoms with Crippen LogP contribution in [0.3, 0.4) is 0 Å². The van der Waals surface area contributed by atoms with Crippen molar-refractivity contribution < 1.29 is 4.74 Å². The molecule has 0 amide bonds. The Morgan fingerprint density at radius 1 is 1.00 bits per heavy atom. The Bertz CT molecular complexity index is 1070. The molecule has 4 rings (SSSR count). The van der Waals surface area contributed by atoms with Gasteiger partial charge in [-0.1, -0.05) is 29.8 Å². The third kappa shape index (κ3) is 3.83. The van der Waals surface area contributed by atoms with Gasteiger partial charge in [-0.2, -0.15) is 0 Å². The van der Waals surface area contributed by atoms with Gasteiger partial charge in [-0.3, -0.25) is 9.59 Å². The van der Waals surface area contributed by atoms with Gasteiger partial charge in [0.2, 0.25) is 0 Å². The number of hydrogen-bond acceptors (Lipinski definition) is 4. The van der Waals surface area contributed by atoms with E-state index >= 15 is 0 Å². The number of ether oxygens (including phenoxy) is 1. The van der Waals surface area contributed by atoms with Gasteiger partial charge in [-0.05, 0) is 30.3 Å². The standard InChI is InChI=1S/C21H19ClN2O3/c22-14-6-7-17-18(12-14)23-21(26)19(13-20(17)25)24-10-8-16(9-11-24)27-15-4-2-1-3-5-15/h1-7,12-13,16H,8-11H2,(H,23,26). The molecule has 0 aliphatic carbocycles. The molecule has 1 saturated heterocycles. The van der Waals surface area contributed by atoms with Crippen molar-refractivity contribution in [2.45, 2.75) is 18.9 Å². The summed E-state index contributed by atoms with van der Waals surface area (Å²) in [5.41, 5.74) is 0.362. The topological polar surface area (TPSA) is 62.4 Å². The number of H-pyrrole nitrogens is 1. The van der Waals surface area contributed by atoms with E-state index in [9.17, 15) is 9.59 Å². The Morgan fingerprint density at radius 3 is 2.48 bits per heavy atom. The lowest BCUT2D eigenvalue weighted by Crippen LogP contribution is -2.40. The summed E-state index contributed by atoms with van der Waals surface area (Å²) in [6, 6.07) is 16.0. The SMILES string of the molecule is O=c1[nH]c2cc(Cl)ccc2c(=O)cc1N1CCC(Oc2ccccc2)CC1. The molecule has 0 unspecified atom stereocenters. The van der Waals surface area contributed by atoms with E-state index in [-0.39, 0.29) is 17.1 Å². The number of aromatic nitrogens is 1. The number of nitrogens with zero attached hydrogens (tertiary/aromatic N) is 1. The predicted molar refractivity (Wildman–Crippen MR) is 108 cm³/mol. The smallest absolute Gasteiger partial charge is 0.272 e. The Hall–Kier alpha value is -2.79. The molecule has 2 aromatic carbocycles. The van der Waals surface area contributed by atoms with E-state index in [1.165, 1.54) is 6.07 Å². The molecule has 0 spiro atoms. The van der Waals surface area contributed by atoms with Gasteiger partial charge in [0, 0.05) is 42.4 Å². The summed E-state index contributed by atoms with van der Waals surface area (Å²) in [6.45, 7) is 1.31. The molecule has 1 aliphatic rings. The molecule has 1 fully saturated rings. The van der Waals surface area contributed by atoms with Crippen molar-refractivity contribution in [2.24, 2.45) is 0 Å². The fourth-order valence-corrected chi connectivity index (χ4v) is 3.60. The molecule has 0 atom stereocenters. The minimum Gasteiger partial charge on any atom is -0.490 e. The van der Waals surface area contributed by atoms with Crippen molar-refractivity contribution in [3.63, 3.8) is 0 Å². The molecule has 5 nitrogen and oxygen atoms in total. The summed E-state index contributed by atoms with van der Waals surface area (Å²) in [7, 11) is 0. The van der Waals surface area contributed by atoms with Crippen LogP contribution < -0.4 is 20.6 Å². The first-order valence-electron chi connectivity index (χ1n) is 8.94. The van der Waals surface area contributed by atoms with Gasteiger partial charge in [0.25, 0.3) is 5.56 Å². The third-order valence-corrected chi connectivity index (χ3v) is 5.06. The highest BCUT2D eigenvalue weighted by Crippen LogP contribution is 2.21. The molecular formula is C21H19ClN2O3. The lowest BCUT2D eigenvalue weighted by molar-refractivity contribution is 0.171. The number of anilines is 1. The molecule has 3 aromatic rings. The number of benzene rings is 2. The van der Waals surface area contributed by atoms with E-state index in [4.69, 9.17) is 16.3 Å². The van der Waals surface area contributed by atoms with Gasteiger partial charge < -0.3 is 14.6 Å². The van der Waals surface area contributed by atoms with Gasteiger partial charge in [0.1, 0.15) is 17.5 Å². The van der Waals surface area contributed by atoms with Crippen molar-refractivity contribution in [1.29, 1.82) is 0 Å². The van der Waals surface area contributed by atoms with Gasteiger partial charge >= 0.3 is 0 Å². The first-order valence-corrected chi connectivity index (χ1v) is 9.31. The van der Waals surface area contributed by atoms with Crippen LogP contribution in [0.5, 0.6) is 5.75 Å². The minimum atomic E-state index is -0.285. The summed E-state index contributed by atoms with van der Waals surface area (Å²) < 4.78 is 6.00. The van der Waals surface area contributed by atoms with Crippen LogP contribution >= 0.6 is 11.6 Å². The average Bonchev–Trinajstić information content (AvgIpc) is 2.79. The van der Waals surface area contributed by atoms with E-state index < -0.39 is 0 Å². The lowest BCUT2D eigenvalue weighted by atomic mass is 10.1. The molecule has 1 aliphatic heterocycles. The van der Waals surface area contributed by atoms with Crippen LogP contribution in [-0.2, 0) is 0 Å². The van der Waals surface area contributed by atoms with Crippen LogP contribution in [0.2, 0.25) is 5.02 Å². The molecule has 0 radical (unpaired) electrons. The molecule has 6 heteroatoms. The monoisotopic (exact) mass is 382 g/mol. The van der Waals surface area contributed by atoms with Gasteiger partial charge in [-0.25, -0.2) is 0 Å². The highest BCUT2D eigenvalue weighted by atomic mass is 35.5. The molecule has 138 valence electrons. The Balaban J connectivity index is 1.57. The van der Waals surface area contributed by atoms with Crippen molar-refractivity contribution >= 4 is 28.2 Å². The van der Waals surface area contributed by atoms with Crippen LogP contribution in [0.25, 0.3) is 10.9 Å². The van der Waals surface area contributed by atoms with Crippen molar-refractivity contribution in [3.8, 4) is 5.75 Å². The first kappa shape index (κ1) is 17.6. The van der Waals surface area contributed by atoms with Gasteiger partial charge in [-0.15, -0.1) is 0 Å². The van der Waals surface area contributed by atoms with E-state index in [0.29, 0.717) is 34.7 Å². The number of nitrogens with one attached hydrogen (secondary N) is 1. The second kappa shape index (κ2) is 7.45. The molecule has 27 heavy (non-hydrogen) atoms. The number of para-hydroxylation sites is 1. The second-order valence-corrected chi connectivity index (χ2v) is 7.09. The molecule has 1 aromatic heterocycles. The zero-order valence-electron chi connectivity index (χ0n) is 14.7. The number of piperidine rings is 1. The van der Waals surface area contributed by atoms with Crippen molar-refractivity contribution in [1.82, 2.24) is 4.98 Å². The summed E-state index contributed by atoms with van der Waals surface area (Å²) in [6.07, 6.45) is 1.67. The largest absolute Gasteiger partial charge is 0.490 e. The van der Waals surface area contributed by atoms with Crippen LogP contribution in [0, 0.1) is 0 Å². The molecule has 1 N–H and O–H groups in total. The number of aromatic amines is 1. The predicted octanol–water partition coefficient (Wildman–Crippen LogP) is 3.59. The zero-order valence-corrected chi connectivity index (χ0v) is 15.4. The molecule has 0 bridgehead atoms. The van der Waals surface area contributed by atoms with E-state index in [2.05, 4.69) is 4.98 Å². The van der Waals surface area contributed by atoms with Crippen LogP contribution in [0.1, 0.15) is 12.8 Å². The fraction of sp³-hybridized carbons (Fsp3) is 0.238. The van der Waals surface area contributed by atoms with Crippen molar-refractivity contribution in [3.05, 3.63) is 80.2 Å². The Kier molecular flexibility index (Phi) is 4.86. The zero-order chi connectivity index (χ0) is 18.8. The molecular weight excluding hydrogens is 364 g/mol. The Morgan fingerprint density at radius 2 is 1.74 bits per heavy atom. The maximum atomic E-state index is 12.7. The second-order valence-electron chi connectivity index (χ2n) is 6.66. The Labute approximate surface area is 161 Å². The normalized spacial score (nSPS) is 15.1. The fourth-order valence-electron chi connectivity index (χ4n) is 3.43. The third-order valence-electron chi connectivity index (χ3n) is 4.82. The van der Waals surface area contributed by atoms with Gasteiger partial charge in [0.05, 0.1) is 5.52 Å². The quantitative estimate of drug-likeness (QED) is 0.752. The summed E-state index contributed by atoms with van der Waals surface area (Å²) in [5.74, 6) is 0.852. The average molecular weight is 383 g/mol. The number of rotatable bonds is 3. The number of fused-ring (bicyclic) bond motifs is 1. The molecule has 0 saturated carbocycles. The van der Waals surface area contributed by atoms with Crippen LogP contribution in [0.4, 0.5) is 5.69 Å².